The van der Waals surface area contributed by atoms with Gasteiger partial charge in [-0.05, 0) is 24.3 Å². The van der Waals surface area contributed by atoms with Gasteiger partial charge >= 0.3 is 43.2 Å². The second-order valence-corrected chi connectivity index (χ2v) is 12.0. The molecule has 0 saturated heterocycles. The Labute approximate surface area is 246 Å². The van der Waals surface area contributed by atoms with Crippen molar-refractivity contribution in [2.45, 2.75) is 16.6 Å². The number of hydrogen-bond acceptors (Lipinski definition) is 10. The van der Waals surface area contributed by atoms with Crippen molar-refractivity contribution in [1.82, 2.24) is 0 Å². The van der Waals surface area contributed by atoms with E-state index in [4.69, 9.17) is 9.47 Å². The molecule has 5 rings (SSSR count). The Bertz CT molecular complexity index is 2000. The van der Waals surface area contributed by atoms with Crippen LogP contribution in [0.4, 0.5) is 43.9 Å². The molecule has 246 valence electrons. The van der Waals surface area contributed by atoms with Crippen LogP contribution in [0.25, 0.3) is 0 Å². The number of carboxylic acid groups (broad SMARTS) is 1. The van der Waals surface area contributed by atoms with E-state index in [-0.39, 0.29) is 12.1 Å². The van der Waals surface area contributed by atoms with Crippen molar-refractivity contribution in [3.63, 3.8) is 0 Å². The largest absolute Gasteiger partial charge is 0.534 e. The molecule has 0 radical (unpaired) electrons. The Morgan fingerprint density at radius 3 is 1.57 bits per heavy atom. The number of fused-ring (bicyclic) bond motifs is 6. The second kappa shape index (κ2) is 9.85. The fourth-order valence-corrected chi connectivity index (χ4v) is 5.34. The van der Waals surface area contributed by atoms with Crippen molar-refractivity contribution in [3.05, 3.63) is 81.4 Å². The lowest BCUT2D eigenvalue weighted by atomic mass is 9.77. The minimum absolute atomic E-state index is 0.0512. The summed E-state index contributed by atoms with van der Waals surface area (Å²) in [6.45, 7) is 0. The highest BCUT2D eigenvalue weighted by Crippen LogP contribution is 2.59. The van der Waals surface area contributed by atoms with Crippen molar-refractivity contribution in [2.24, 2.45) is 0 Å². The quantitative estimate of drug-likeness (QED) is 0.165. The highest BCUT2D eigenvalue weighted by atomic mass is 32.2. The van der Waals surface area contributed by atoms with Gasteiger partial charge in [-0.2, -0.15) is 52.0 Å². The highest BCUT2D eigenvalue weighted by molar-refractivity contribution is 7.88. The van der Waals surface area contributed by atoms with Crippen LogP contribution in [-0.2, 0) is 30.6 Å². The summed E-state index contributed by atoms with van der Waals surface area (Å²) in [6.07, 6.45) is 0. The van der Waals surface area contributed by atoms with Crippen LogP contribution in [0.1, 0.15) is 37.4 Å². The number of aromatic carboxylic acids is 1. The highest BCUT2D eigenvalue weighted by Gasteiger charge is 2.58. The predicted octanol–water partition coefficient (Wildman–Crippen LogP) is 4.97. The SMILES string of the molecule is O=C(O)c1ccc2c(c1)C(=O)OC21c2cc(F)c(OS(=O)(=O)C(F)(F)F)c(F)c2Oc2c1cc(F)c(OS(=O)(=O)C(F)(F)F)c2F. The molecule has 46 heavy (non-hydrogen) atoms. The maximum Gasteiger partial charge on any atom is 0.534 e. The van der Waals surface area contributed by atoms with E-state index in [1.807, 2.05) is 0 Å². The Morgan fingerprint density at radius 1 is 0.739 bits per heavy atom. The lowest BCUT2D eigenvalue weighted by molar-refractivity contribution is -0.0506. The Balaban J connectivity index is 1.87. The van der Waals surface area contributed by atoms with Crippen molar-refractivity contribution in [1.29, 1.82) is 0 Å². The number of alkyl halides is 6. The number of halogens is 10. The summed E-state index contributed by atoms with van der Waals surface area (Å²) < 4.78 is 202. The standard InChI is InChI=1S/C23H6F10O11S2/c24-11-4-9-15(13(26)17(11)43-45(37,38)22(28,29)30)41-16-10(5-12(25)18(14(16)27)44-46(39,40)23(31,32)33)21(9)8-2-1-6(19(34)35)3-7(8)20(36)42-21/h1-5H,(H,34,35). The van der Waals surface area contributed by atoms with Crippen molar-refractivity contribution < 1.29 is 93.3 Å². The summed E-state index contributed by atoms with van der Waals surface area (Å²) in [7, 11) is -13.7. The van der Waals surface area contributed by atoms with E-state index in [1.54, 1.807) is 0 Å². The monoisotopic (exact) mass is 712 g/mol. The van der Waals surface area contributed by atoms with E-state index in [9.17, 15) is 57.9 Å². The maximum absolute atomic E-state index is 15.6. The second-order valence-electron chi connectivity index (χ2n) is 8.96. The lowest BCUT2D eigenvalue weighted by Gasteiger charge is -2.37. The number of carbonyl (C=O) groups is 2. The minimum Gasteiger partial charge on any atom is -0.478 e. The number of benzene rings is 3. The minimum atomic E-state index is -6.83. The third kappa shape index (κ3) is 4.63. The number of ether oxygens (including phenoxy) is 2. The molecule has 1 spiro atoms. The average molecular weight is 712 g/mol. The van der Waals surface area contributed by atoms with Crippen molar-refractivity contribution in [2.75, 3.05) is 0 Å². The van der Waals surface area contributed by atoms with Crippen LogP contribution in [-0.4, -0.2) is 44.9 Å². The average Bonchev–Trinajstić information content (AvgIpc) is 3.21. The summed E-state index contributed by atoms with van der Waals surface area (Å²) in [4.78, 5) is 24.4. The van der Waals surface area contributed by atoms with Gasteiger partial charge in [-0.15, -0.1) is 0 Å². The first-order chi connectivity index (χ1) is 20.9. The molecule has 23 heteroatoms. The summed E-state index contributed by atoms with van der Waals surface area (Å²) in [5.41, 5.74) is -20.1. The van der Waals surface area contributed by atoms with Crippen molar-refractivity contribution >= 4 is 32.2 Å². The van der Waals surface area contributed by atoms with Gasteiger partial charge in [-0.25, -0.2) is 18.4 Å². The number of rotatable bonds is 5. The smallest absolute Gasteiger partial charge is 0.478 e. The molecule has 2 aliphatic rings. The van der Waals surface area contributed by atoms with Crippen LogP contribution < -0.4 is 13.1 Å². The molecule has 0 aliphatic carbocycles. The zero-order valence-corrected chi connectivity index (χ0v) is 22.6. The van der Waals surface area contributed by atoms with E-state index < -0.39 is 123 Å². The molecule has 0 amide bonds. The molecule has 1 N–H and O–H groups in total. The number of esters is 1. The molecule has 2 heterocycles. The fraction of sp³-hybridized carbons (Fsp3) is 0.130. The van der Waals surface area contributed by atoms with Gasteiger partial charge in [0.15, 0.2) is 28.7 Å². The Morgan fingerprint density at radius 2 is 1.17 bits per heavy atom. The van der Waals surface area contributed by atoms with Crippen LogP contribution >= 0.6 is 0 Å². The number of carboxylic acids is 1. The van der Waals surface area contributed by atoms with Gasteiger partial charge in [-0.1, -0.05) is 6.07 Å². The van der Waals surface area contributed by atoms with E-state index in [2.05, 4.69) is 8.37 Å². The molecule has 0 atom stereocenters. The molecule has 11 nitrogen and oxygen atoms in total. The van der Waals surface area contributed by atoms with Gasteiger partial charge in [0.05, 0.1) is 22.3 Å². The third-order valence-electron chi connectivity index (χ3n) is 6.29. The van der Waals surface area contributed by atoms with Crippen LogP contribution in [0, 0.1) is 23.3 Å². The fourth-order valence-electron chi connectivity index (χ4n) is 4.41. The molecular formula is C23H6F10O11S2. The van der Waals surface area contributed by atoms with Gasteiger partial charge in [0.1, 0.15) is 0 Å². The molecule has 0 aromatic heterocycles. The number of hydrogen-bond donors (Lipinski definition) is 1. The molecule has 0 unspecified atom stereocenters. The van der Waals surface area contributed by atoms with Crippen LogP contribution in [0.5, 0.6) is 23.0 Å². The van der Waals surface area contributed by atoms with E-state index in [1.165, 1.54) is 0 Å². The molecule has 0 fully saturated rings. The molecular weight excluding hydrogens is 706 g/mol. The van der Waals surface area contributed by atoms with Gasteiger partial charge in [-0.3, -0.25) is 0 Å². The lowest BCUT2D eigenvalue weighted by Crippen LogP contribution is -2.35. The number of carbonyl (C=O) groups excluding carboxylic acids is 1. The van der Waals surface area contributed by atoms with Crippen LogP contribution in [0.15, 0.2) is 30.3 Å². The maximum atomic E-state index is 15.6. The molecule has 3 aromatic carbocycles. The van der Waals surface area contributed by atoms with Gasteiger partial charge in [0.25, 0.3) is 0 Å². The third-order valence-corrected chi connectivity index (χ3v) is 8.20. The van der Waals surface area contributed by atoms with Crippen molar-refractivity contribution in [3.8, 4) is 23.0 Å². The summed E-state index contributed by atoms with van der Waals surface area (Å²) in [5, 5.41) is 9.27. The normalized spacial score (nSPS) is 15.4. The first-order valence-corrected chi connectivity index (χ1v) is 14.1. The van der Waals surface area contributed by atoms with Gasteiger partial charge < -0.3 is 22.9 Å². The Hall–Kier alpha value is -4.80. The Kier molecular flexibility index (Phi) is 6.98. The first-order valence-electron chi connectivity index (χ1n) is 11.3. The topological polar surface area (TPSA) is 160 Å². The molecule has 0 saturated carbocycles. The molecule has 0 bridgehead atoms. The zero-order valence-electron chi connectivity index (χ0n) is 21.0. The summed E-state index contributed by atoms with van der Waals surface area (Å²) >= 11 is 0. The van der Waals surface area contributed by atoms with Crippen LogP contribution in [0.2, 0.25) is 0 Å². The van der Waals surface area contributed by atoms with E-state index in [0.29, 0.717) is 12.1 Å². The van der Waals surface area contributed by atoms with Gasteiger partial charge in [0, 0.05) is 5.56 Å². The molecule has 2 aliphatic heterocycles. The zero-order chi connectivity index (χ0) is 34.5. The predicted molar refractivity (Wildman–Crippen MR) is 123 cm³/mol. The molecule has 3 aromatic rings. The van der Waals surface area contributed by atoms with Crippen LogP contribution in [0.3, 0.4) is 0 Å². The van der Waals surface area contributed by atoms with E-state index >= 15 is 17.6 Å². The summed E-state index contributed by atoms with van der Waals surface area (Å²) in [5.74, 6) is -21.1. The van der Waals surface area contributed by atoms with E-state index in [0.717, 1.165) is 6.07 Å². The van der Waals surface area contributed by atoms with Gasteiger partial charge in [0.2, 0.25) is 23.1 Å². The summed E-state index contributed by atoms with van der Waals surface area (Å²) in [6, 6.07) is 1.96. The first kappa shape index (κ1) is 32.6.